The van der Waals surface area contributed by atoms with Crippen LogP contribution < -0.4 is 4.74 Å². The van der Waals surface area contributed by atoms with Gasteiger partial charge >= 0.3 is 0 Å². The molecule has 1 aromatic heterocycles. The third-order valence-corrected chi connectivity index (χ3v) is 6.38. The number of H-pyrrole nitrogens is 1. The molecule has 0 saturated heterocycles. The van der Waals surface area contributed by atoms with Crippen LogP contribution in [0.15, 0.2) is 59.3 Å². The highest BCUT2D eigenvalue weighted by Crippen LogP contribution is 2.33. The number of benzene rings is 2. The van der Waals surface area contributed by atoms with E-state index in [2.05, 4.69) is 4.98 Å². The number of fused-ring (bicyclic) bond motifs is 2. The summed E-state index contributed by atoms with van der Waals surface area (Å²) in [5, 5.41) is 0.842. The summed E-state index contributed by atoms with van der Waals surface area (Å²) in [5.74, 6) is 0.355. The fraction of sp³-hybridized carbons (Fsp3) is 0.105. The van der Waals surface area contributed by atoms with E-state index in [9.17, 15) is 13.2 Å². The summed E-state index contributed by atoms with van der Waals surface area (Å²) in [5.41, 5.74) is 1.87. The molecule has 2 aromatic carbocycles. The molecule has 132 valence electrons. The predicted molar refractivity (Wildman–Crippen MR) is 98.5 cm³/mol. The molecule has 6 nitrogen and oxygen atoms in total. The fourth-order valence-corrected chi connectivity index (χ4v) is 4.49. The molecule has 0 atom stereocenters. The average Bonchev–Trinajstić information content (AvgIpc) is 3.06. The number of carbonyl (C=O) groups excluding carboxylic acids is 1. The SMILES string of the molecule is COc1ccc2[nH]cc(/C=C3/C(=O)c4ccccc4S(=O)(=O)N3C)c2c1. The van der Waals surface area contributed by atoms with Crippen molar-refractivity contribution in [3.63, 3.8) is 0 Å². The third-order valence-electron chi connectivity index (χ3n) is 4.56. The van der Waals surface area contributed by atoms with Gasteiger partial charge in [-0.05, 0) is 36.4 Å². The molecule has 7 heteroatoms. The first-order chi connectivity index (χ1) is 12.4. The summed E-state index contributed by atoms with van der Waals surface area (Å²) < 4.78 is 31.8. The Kier molecular flexibility index (Phi) is 3.62. The van der Waals surface area contributed by atoms with Gasteiger partial charge in [0.1, 0.15) is 11.4 Å². The Morgan fingerprint density at radius 2 is 1.92 bits per heavy atom. The number of ether oxygens (including phenoxy) is 1. The summed E-state index contributed by atoms with van der Waals surface area (Å²) in [6, 6.07) is 11.8. The molecule has 4 rings (SSSR count). The summed E-state index contributed by atoms with van der Waals surface area (Å²) in [6.07, 6.45) is 3.33. The van der Waals surface area contributed by atoms with Crippen LogP contribution >= 0.6 is 0 Å². The van der Waals surface area contributed by atoms with Gasteiger partial charge in [0.05, 0.1) is 12.0 Å². The van der Waals surface area contributed by atoms with Crippen LogP contribution in [0.2, 0.25) is 0 Å². The van der Waals surface area contributed by atoms with Crippen LogP contribution in [-0.4, -0.2) is 37.6 Å². The number of Topliss-reactive ketones (excluding diaryl/α,β-unsaturated/α-hetero) is 1. The zero-order valence-corrected chi connectivity index (χ0v) is 15.0. The molecule has 0 amide bonds. The summed E-state index contributed by atoms with van der Waals surface area (Å²) in [4.78, 5) is 16.0. The fourth-order valence-electron chi connectivity index (χ4n) is 3.11. The standard InChI is InChI=1S/C19H16N2O4S/c1-21-17(19(22)14-5-3-4-6-18(14)26(21,23)24)9-12-11-20-16-8-7-13(25-2)10-15(12)16/h3-11,20H,1-2H3/b17-9-. The first kappa shape index (κ1) is 16.4. The number of methoxy groups -OCH3 is 1. The number of rotatable bonds is 2. The van der Waals surface area contributed by atoms with E-state index in [0.717, 1.165) is 15.2 Å². The number of carbonyl (C=O) groups is 1. The van der Waals surface area contributed by atoms with Gasteiger partial charge in [-0.3, -0.25) is 9.10 Å². The summed E-state index contributed by atoms with van der Waals surface area (Å²) >= 11 is 0. The molecular weight excluding hydrogens is 352 g/mol. The van der Waals surface area contributed by atoms with E-state index in [0.29, 0.717) is 11.3 Å². The minimum Gasteiger partial charge on any atom is -0.497 e. The largest absolute Gasteiger partial charge is 0.497 e. The molecule has 1 aliphatic rings. The Labute approximate surface area is 150 Å². The second kappa shape index (κ2) is 5.74. The number of aromatic amines is 1. The van der Waals surface area contributed by atoms with Crippen molar-refractivity contribution in [2.45, 2.75) is 4.90 Å². The normalized spacial score (nSPS) is 17.5. The van der Waals surface area contributed by atoms with Crippen LogP contribution in [0.25, 0.3) is 17.0 Å². The number of ketones is 1. The minimum absolute atomic E-state index is 0.0326. The minimum atomic E-state index is -3.76. The molecule has 0 saturated carbocycles. The lowest BCUT2D eigenvalue weighted by molar-refractivity contribution is 0.101. The summed E-state index contributed by atoms with van der Waals surface area (Å²) in [6.45, 7) is 0. The smallest absolute Gasteiger partial charge is 0.264 e. The first-order valence-electron chi connectivity index (χ1n) is 7.93. The van der Waals surface area contributed by atoms with Crippen molar-refractivity contribution in [1.29, 1.82) is 0 Å². The van der Waals surface area contributed by atoms with Gasteiger partial charge in [0.15, 0.2) is 0 Å². The van der Waals surface area contributed by atoms with Crippen LogP contribution in [0.5, 0.6) is 5.75 Å². The van der Waals surface area contributed by atoms with E-state index in [1.807, 2.05) is 18.2 Å². The molecule has 0 bridgehead atoms. The van der Waals surface area contributed by atoms with Crippen molar-refractivity contribution in [1.82, 2.24) is 9.29 Å². The molecule has 0 fully saturated rings. The zero-order chi connectivity index (χ0) is 18.5. The van der Waals surface area contributed by atoms with Gasteiger partial charge in [0.25, 0.3) is 10.0 Å². The number of hydrogen-bond acceptors (Lipinski definition) is 4. The molecule has 1 N–H and O–H groups in total. The number of sulfonamides is 1. The van der Waals surface area contributed by atoms with Crippen molar-refractivity contribution >= 4 is 32.8 Å². The van der Waals surface area contributed by atoms with Crippen LogP contribution in [0.1, 0.15) is 15.9 Å². The van der Waals surface area contributed by atoms with Gasteiger partial charge in [-0.25, -0.2) is 8.42 Å². The maximum atomic E-state index is 12.9. The zero-order valence-electron chi connectivity index (χ0n) is 14.2. The van der Waals surface area contributed by atoms with Gasteiger partial charge in [0, 0.05) is 35.3 Å². The number of nitrogens with zero attached hydrogens (tertiary/aromatic N) is 1. The number of hydrogen-bond donors (Lipinski definition) is 1. The number of aromatic nitrogens is 1. The van der Waals surface area contributed by atoms with Crippen LogP contribution in [-0.2, 0) is 10.0 Å². The Balaban J connectivity index is 1.92. The molecule has 0 spiro atoms. The molecule has 26 heavy (non-hydrogen) atoms. The average molecular weight is 368 g/mol. The Morgan fingerprint density at radius 1 is 1.15 bits per heavy atom. The molecule has 0 unspecified atom stereocenters. The molecule has 3 aromatic rings. The van der Waals surface area contributed by atoms with Gasteiger partial charge in [0.2, 0.25) is 5.78 Å². The van der Waals surface area contributed by atoms with E-state index in [1.54, 1.807) is 31.5 Å². The number of allylic oxidation sites excluding steroid dienone is 1. The highest BCUT2D eigenvalue weighted by molar-refractivity contribution is 7.89. The monoisotopic (exact) mass is 368 g/mol. The van der Waals surface area contributed by atoms with Crippen molar-refractivity contribution in [3.05, 3.63) is 65.5 Å². The van der Waals surface area contributed by atoms with Gasteiger partial charge in [-0.2, -0.15) is 0 Å². The van der Waals surface area contributed by atoms with Crippen molar-refractivity contribution < 1.29 is 17.9 Å². The Bertz CT molecular complexity index is 1180. The van der Waals surface area contributed by atoms with Crippen LogP contribution in [0.3, 0.4) is 0 Å². The predicted octanol–water partition coefficient (Wildman–Crippen LogP) is 3.03. The van der Waals surface area contributed by atoms with E-state index in [1.165, 1.54) is 19.2 Å². The second-order valence-electron chi connectivity index (χ2n) is 5.98. The molecule has 2 heterocycles. The molecule has 1 aliphatic heterocycles. The van der Waals surface area contributed by atoms with Crippen LogP contribution in [0, 0.1) is 0 Å². The molecule has 0 radical (unpaired) electrons. The van der Waals surface area contributed by atoms with E-state index >= 15 is 0 Å². The molecular formula is C19H16N2O4S. The quantitative estimate of drug-likeness (QED) is 0.705. The Hall–Kier alpha value is -3.06. The lowest BCUT2D eigenvalue weighted by Gasteiger charge is -2.27. The second-order valence-corrected chi connectivity index (χ2v) is 7.92. The van der Waals surface area contributed by atoms with Crippen molar-refractivity contribution in [2.75, 3.05) is 14.2 Å². The summed E-state index contributed by atoms with van der Waals surface area (Å²) in [7, 11) is -0.792. The van der Waals surface area contributed by atoms with E-state index < -0.39 is 10.0 Å². The first-order valence-corrected chi connectivity index (χ1v) is 9.37. The number of nitrogens with one attached hydrogen (secondary N) is 1. The van der Waals surface area contributed by atoms with Gasteiger partial charge < -0.3 is 9.72 Å². The van der Waals surface area contributed by atoms with E-state index in [-0.39, 0.29) is 21.9 Å². The number of likely N-dealkylation sites (N-methyl/N-ethyl adjacent to an activating group) is 1. The van der Waals surface area contributed by atoms with Crippen LogP contribution in [0.4, 0.5) is 0 Å². The Morgan fingerprint density at radius 3 is 2.69 bits per heavy atom. The van der Waals surface area contributed by atoms with E-state index in [4.69, 9.17) is 4.74 Å². The van der Waals surface area contributed by atoms with Gasteiger partial charge in [-0.15, -0.1) is 0 Å². The third kappa shape index (κ3) is 2.32. The lowest BCUT2D eigenvalue weighted by Crippen LogP contribution is -2.36. The molecule has 0 aliphatic carbocycles. The maximum absolute atomic E-state index is 12.9. The highest BCUT2D eigenvalue weighted by atomic mass is 32.2. The lowest BCUT2D eigenvalue weighted by atomic mass is 10.0. The van der Waals surface area contributed by atoms with Crippen molar-refractivity contribution in [3.8, 4) is 5.75 Å². The highest BCUT2D eigenvalue weighted by Gasteiger charge is 2.36. The topological polar surface area (TPSA) is 79.5 Å². The van der Waals surface area contributed by atoms with Crippen molar-refractivity contribution in [2.24, 2.45) is 0 Å². The van der Waals surface area contributed by atoms with Gasteiger partial charge in [-0.1, -0.05) is 12.1 Å². The maximum Gasteiger partial charge on any atom is 0.264 e.